The van der Waals surface area contributed by atoms with E-state index in [2.05, 4.69) is 0 Å². The number of nitro groups is 1. The molecule has 1 aromatic rings. The van der Waals surface area contributed by atoms with E-state index in [1.165, 1.54) is 0 Å². The average molecular weight is 325 g/mol. The zero-order valence-electron chi connectivity index (χ0n) is 11.3. The van der Waals surface area contributed by atoms with Gasteiger partial charge < -0.3 is 0 Å². The maximum absolute atomic E-state index is 14.1. The number of amides is 2. The fourth-order valence-corrected chi connectivity index (χ4v) is 3.02. The van der Waals surface area contributed by atoms with Crippen LogP contribution >= 0.6 is 11.6 Å². The Bertz CT molecular complexity index is 731. The molecule has 114 valence electrons. The lowest BCUT2D eigenvalue weighted by molar-refractivity contribution is -0.384. The van der Waals surface area contributed by atoms with Crippen LogP contribution in [0.1, 0.15) is 25.7 Å². The highest BCUT2D eigenvalue weighted by Crippen LogP contribution is 2.39. The van der Waals surface area contributed by atoms with Crippen LogP contribution in [0, 0.1) is 15.9 Å². The zero-order chi connectivity index (χ0) is 16.0. The lowest BCUT2D eigenvalue weighted by Crippen LogP contribution is -2.32. The van der Waals surface area contributed by atoms with Gasteiger partial charge in [0, 0.05) is 23.3 Å². The van der Waals surface area contributed by atoms with E-state index in [9.17, 15) is 24.1 Å². The van der Waals surface area contributed by atoms with Crippen LogP contribution in [0.2, 0.25) is 5.02 Å². The molecule has 0 saturated carbocycles. The van der Waals surface area contributed by atoms with Gasteiger partial charge in [0.25, 0.3) is 17.5 Å². The first-order valence-electron chi connectivity index (χ1n) is 6.66. The maximum atomic E-state index is 14.1. The molecule has 1 aromatic carbocycles. The van der Waals surface area contributed by atoms with Crippen LogP contribution in [0.15, 0.2) is 23.3 Å². The third kappa shape index (κ3) is 2.09. The van der Waals surface area contributed by atoms with E-state index in [4.69, 9.17) is 11.6 Å². The summed E-state index contributed by atoms with van der Waals surface area (Å²) in [6.45, 7) is 0. The van der Waals surface area contributed by atoms with Crippen molar-refractivity contribution in [2.75, 3.05) is 4.90 Å². The second-order valence-corrected chi connectivity index (χ2v) is 5.53. The molecule has 2 amide bonds. The van der Waals surface area contributed by atoms with Crippen LogP contribution in [-0.4, -0.2) is 16.7 Å². The number of nitrogens with zero attached hydrogens (tertiary/aromatic N) is 2. The summed E-state index contributed by atoms with van der Waals surface area (Å²) in [5.41, 5.74) is -0.217. The Hall–Kier alpha value is -2.28. The number of rotatable bonds is 2. The number of hydrogen-bond acceptors (Lipinski definition) is 4. The van der Waals surface area contributed by atoms with Crippen LogP contribution in [-0.2, 0) is 9.59 Å². The molecule has 0 N–H and O–H groups in total. The van der Waals surface area contributed by atoms with Crippen molar-refractivity contribution in [3.05, 3.63) is 44.2 Å². The van der Waals surface area contributed by atoms with E-state index in [0.29, 0.717) is 28.9 Å². The highest BCUT2D eigenvalue weighted by atomic mass is 35.5. The molecule has 0 fully saturated rings. The fraction of sp³-hybridized carbons (Fsp3) is 0.286. The van der Waals surface area contributed by atoms with Crippen molar-refractivity contribution in [2.24, 2.45) is 0 Å². The minimum Gasteiger partial charge on any atom is -0.269 e. The summed E-state index contributed by atoms with van der Waals surface area (Å²) in [4.78, 5) is 35.5. The molecule has 3 rings (SSSR count). The number of carbonyl (C=O) groups is 2. The third-order valence-corrected chi connectivity index (χ3v) is 4.15. The van der Waals surface area contributed by atoms with Gasteiger partial charge in [0.2, 0.25) is 0 Å². The molecule has 1 aliphatic carbocycles. The van der Waals surface area contributed by atoms with E-state index in [1.807, 2.05) is 0 Å². The first-order valence-corrected chi connectivity index (χ1v) is 7.04. The molecule has 6 nitrogen and oxygen atoms in total. The first kappa shape index (κ1) is 14.6. The van der Waals surface area contributed by atoms with E-state index in [1.54, 1.807) is 0 Å². The van der Waals surface area contributed by atoms with Gasteiger partial charge in [-0.1, -0.05) is 11.6 Å². The summed E-state index contributed by atoms with van der Waals surface area (Å²) >= 11 is 5.62. The van der Waals surface area contributed by atoms with E-state index < -0.39 is 33.9 Å². The van der Waals surface area contributed by atoms with Crippen LogP contribution in [0.25, 0.3) is 0 Å². The number of imide groups is 1. The highest BCUT2D eigenvalue weighted by Gasteiger charge is 2.41. The number of carbonyl (C=O) groups excluding carboxylic acids is 2. The van der Waals surface area contributed by atoms with Crippen molar-refractivity contribution in [2.45, 2.75) is 25.7 Å². The quantitative estimate of drug-likeness (QED) is 0.475. The predicted molar refractivity (Wildman–Crippen MR) is 76.1 cm³/mol. The Morgan fingerprint density at radius 1 is 1.14 bits per heavy atom. The van der Waals surface area contributed by atoms with Gasteiger partial charge in [0.1, 0.15) is 10.8 Å². The van der Waals surface area contributed by atoms with Crippen molar-refractivity contribution in [1.29, 1.82) is 0 Å². The SMILES string of the molecule is O=C1C2=C(CCCC2)C(=O)N1c1cc([N+](=O)[O-])c(Cl)cc1F. The molecule has 2 aliphatic rings. The van der Waals surface area contributed by atoms with E-state index >= 15 is 0 Å². The molecule has 0 radical (unpaired) electrons. The Morgan fingerprint density at radius 2 is 1.68 bits per heavy atom. The van der Waals surface area contributed by atoms with Crippen molar-refractivity contribution in [3.8, 4) is 0 Å². The van der Waals surface area contributed by atoms with Crippen LogP contribution in [0.3, 0.4) is 0 Å². The molecule has 0 saturated heterocycles. The second-order valence-electron chi connectivity index (χ2n) is 5.12. The Morgan fingerprint density at radius 3 is 2.18 bits per heavy atom. The molecule has 22 heavy (non-hydrogen) atoms. The molecule has 0 unspecified atom stereocenters. The number of nitro benzene ring substituents is 1. The molecule has 0 atom stereocenters. The molecular weight excluding hydrogens is 315 g/mol. The number of anilines is 1. The zero-order valence-corrected chi connectivity index (χ0v) is 12.0. The number of halogens is 2. The lowest BCUT2D eigenvalue weighted by Gasteiger charge is -2.16. The summed E-state index contributed by atoms with van der Waals surface area (Å²) in [6.07, 6.45) is 2.51. The Labute approximate surface area is 129 Å². The van der Waals surface area contributed by atoms with Gasteiger partial charge >= 0.3 is 0 Å². The van der Waals surface area contributed by atoms with Crippen molar-refractivity contribution < 1.29 is 18.9 Å². The molecule has 0 spiro atoms. The van der Waals surface area contributed by atoms with E-state index in [0.717, 1.165) is 25.0 Å². The van der Waals surface area contributed by atoms with Gasteiger partial charge in [0.05, 0.1) is 10.6 Å². The summed E-state index contributed by atoms with van der Waals surface area (Å²) < 4.78 is 14.1. The van der Waals surface area contributed by atoms with Crippen LogP contribution < -0.4 is 4.90 Å². The second kappa shape index (κ2) is 5.17. The number of hydrogen-bond donors (Lipinski definition) is 0. The van der Waals surface area contributed by atoms with E-state index in [-0.39, 0.29) is 5.02 Å². The maximum Gasteiger partial charge on any atom is 0.290 e. The summed E-state index contributed by atoms with van der Waals surface area (Å²) in [5, 5.41) is 10.5. The van der Waals surface area contributed by atoms with Crippen molar-refractivity contribution in [3.63, 3.8) is 0 Å². The van der Waals surface area contributed by atoms with Gasteiger partial charge in [-0.25, -0.2) is 9.29 Å². The summed E-state index contributed by atoms with van der Waals surface area (Å²) in [5.74, 6) is -2.15. The van der Waals surface area contributed by atoms with Crippen LogP contribution in [0.5, 0.6) is 0 Å². The number of benzene rings is 1. The topological polar surface area (TPSA) is 80.5 Å². The van der Waals surface area contributed by atoms with Gasteiger partial charge in [-0.15, -0.1) is 0 Å². The molecule has 0 bridgehead atoms. The lowest BCUT2D eigenvalue weighted by atomic mass is 9.93. The minimum absolute atomic E-state index is 0.383. The van der Waals surface area contributed by atoms with Crippen molar-refractivity contribution in [1.82, 2.24) is 0 Å². The molecular formula is C14H10ClFN2O4. The predicted octanol–water partition coefficient (Wildman–Crippen LogP) is 3.13. The normalized spacial score (nSPS) is 18.0. The van der Waals surface area contributed by atoms with Gasteiger partial charge in [-0.3, -0.25) is 19.7 Å². The fourth-order valence-electron chi connectivity index (χ4n) is 2.80. The van der Waals surface area contributed by atoms with Gasteiger partial charge in [-0.2, -0.15) is 0 Å². The Balaban J connectivity index is 2.09. The minimum atomic E-state index is -0.947. The standard InChI is InChI=1S/C14H10ClFN2O4/c15-9-5-10(16)12(6-11(9)18(21)22)17-13(19)7-3-1-2-4-8(7)14(17)20/h5-6H,1-4H2. The average Bonchev–Trinajstić information content (AvgIpc) is 2.72. The summed E-state index contributed by atoms with van der Waals surface area (Å²) in [7, 11) is 0. The Kier molecular flexibility index (Phi) is 3.44. The molecule has 1 heterocycles. The highest BCUT2D eigenvalue weighted by molar-refractivity contribution is 6.34. The van der Waals surface area contributed by atoms with Gasteiger partial charge in [-0.05, 0) is 25.7 Å². The smallest absolute Gasteiger partial charge is 0.269 e. The third-order valence-electron chi connectivity index (χ3n) is 3.84. The largest absolute Gasteiger partial charge is 0.290 e. The van der Waals surface area contributed by atoms with Crippen molar-refractivity contribution >= 4 is 34.8 Å². The van der Waals surface area contributed by atoms with Crippen LogP contribution in [0.4, 0.5) is 15.8 Å². The molecule has 1 aliphatic heterocycles. The van der Waals surface area contributed by atoms with Gasteiger partial charge in [0.15, 0.2) is 0 Å². The first-order chi connectivity index (χ1) is 10.4. The molecule has 8 heteroatoms. The monoisotopic (exact) mass is 324 g/mol. The summed E-state index contributed by atoms with van der Waals surface area (Å²) in [6, 6.07) is 1.57. The molecule has 0 aromatic heterocycles.